The van der Waals surface area contributed by atoms with Crippen LogP contribution in [0.1, 0.15) is 19.3 Å². The van der Waals surface area contributed by atoms with Gasteiger partial charge in [-0.15, -0.1) is 0 Å². The minimum atomic E-state index is -0.747. The quantitative estimate of drug-likeness (QED) is 0.459. The number of hydrogen-bond acceptors (Lipinski definition) is 5. The van der Waals surface area contributed by atoms with Gasteiger partial charge in [0.2, 0.25) is 0 Å². The van der Waals surface area contributed by atoms with E-state index in [1.165, 1.54) is 7.11 Å². The Kier molecular flexibility index (Phi) is 6.64. The average Bonchev–Trinajstić information content (AvgIpc) is 2.39. The molecule has 1 rings (SSSR count). The highest BCUT2D eigenvalue weighted by Crippen LogP contribution is 2.26. The molecule has 0 saturated carbocycles. The molecule has 0 aliphatic carbocycles. The molecule has 0 aromatic heterocycles. The number of ether oxygens (including phenoxy) is 3. The Balaban J connectivity index is 2.31. The van der Waals surface area contributed by atoms with Gasteiger partial charge in [0.15, 0.2) is 11.5 Å². The molecular formula is C13H18O5. The van der Waals surface area contributed by atoms with Gasteiger partial charge < -0.3 is 19.3 Å². The molecule has 0 unspecified atom stereocenters. The molecule has 0 amide bonds. The number of carbonyl (C=O) groups excluding carboxylic acids is 1. The average molecular weight is 254 g/mol. The number of methoxy groups -OCH3 is 1. The van der Waals surface area contributed by atoms with E-state index in [1.807, 2.05) is 0 Å². The van der Waals surface area contributed by atoms with Gasteiger partial charge in [-0.1, -0.05) is 12.1 Å². The lowest BCUT2D eigenvalue weighted by atomic mass is 10.2. The van der Waals surface area contributed by atoms with Crippen LogP contribution < -0.4 is 9.47 Å². The van der Waals surface area contributed by atoms with Gasteiger partial charge >= 0.3 is 6.16 Å². The van der Waals surface area contributed by atoms with E-state index in [0.717, 1.165) is 6.42 Å². The summed E-state index contributed by atoms with van der Waals surface area (Å²) < 4.78 is 14.9. The van der Waals surface area contributed by atoms with Crippen LogP contribution in [0.15, 0.2) is 24.3 Å². The summed E-state index contributed by atoms with van der Waals surface area (Å²) in [4.78, 5) is 11.4. The molecule has 0 aliphatic heterocycles. The van der Waals surface area contributed by atoms with Crippen molar-refractivity contribution in [3.05, 3.63) is 24.3 Å². The number of carbonyl (C=O) groups is 1. The summed E-state index contributed by atoms with van der Waals surface area (Å²) in [5, 5.41) is 8.58. The molecule has 100 valence electrons. The van der Waals surface area contributed by atoms with Crippen LogP contribution in [0.5, 0.6) is 11.5 Å². The Morgan fingerprint density at radius 1 is 1.17 bits per heavy atom. The second-order valence-electron chi connectivity index (χ2n) is 3.64. The van der Waals surface area contributed by atoms with Crippen LogP contribution in [-0.4, -0.2) is 31.6 Å². The molecule has 0 atom stereocenters. The molecule has 1 N–H and O–H groups in total. The van der Waals surface area contributed by atoms with Crippen molar-refractivity contribution in [1.29, 1.82) is 0 Å². The molecule has 0 heterocycles. The first-order chi connectivity index (χ1) is 8.77. The highest BCUT2D eigenvalue weighted by Gasteiger charge is 2.09. The van der Waals surface area contributed by atoms with Gasteiger partial charge in [-0.3, -0.25) is 0 Å². The fourth-order valence-electron chi connectivity index (χ4n) is 1.37. The summed E-state index contributed by atoms with van der Waals surface area (Å²) in [6.07, 6.45) is 1.49. The first-order valence-corrected chi connectivity index (χ1v) is 5.86. The third kappa shape index (κ3) is 5.05. The SMILES string of the molecule is COc1ccccc1OC(=O)OCCCCCO. The molecule has 1 aromatic rings. The van der Waals surface area contributed by atoms with E-state index in [0.29, 0.717) is 24.3 Å². The minimum absolute atomic E-state index is 0.158. The highest BCUT2D eigenvalue weighted by molar-refractivity contribution is 5.65. The summed E-state index contributed by atoms with van der Waals surface area (Å²) in [6.45, 7) is 0.444. The van der Waals surface area contributed by atoms with Gasteiger partial charge in [-0.2, -0.15) is 0 Å². The molecule has 0 bridgehead atoms. The zero-order valence-corrected chi connectivity index (χ0v) is 10.4. The fraction of sp³-hybridized carbons (Fsp3) is 0.462. The van der Waals surface area contributed by atoms with E-state index in [-0.39, 0.29) is 13.2 Å². The van der Waals surface area contributed by atoms with Crippen molar-refractivity contribution in [2.24, 2.45) is 0 Å². The predicted molar refractivity (Wildman–Crippen MR) is 65.9 cm³/mol. The van der Waals surface area contributed by atoms with Crippen LogP contribution in [0.25, 0.3) is 0 Å². The van der Waals surface area contributed by atoms with Crippen LogP contribution >= 0.6 is 0 Å². The molecule has 0 spiro atoms. The van der Waals surface area contributed by atoms with Gasteiger partial charge in [0.05, 0.1) is 13.7 Å². The third-order valence-corrected chi connectivity index (χ3v) is 2.28. The van der Waals surface area contributed by atoms with E-state index in [2.05, 4.69) is 0 Å². The largest absolute Gasteiger partial charge is 0.513 e. The minimum Gasteiger partial charge on any atom is -0.493 e. The van der Waals surface area contributed by atoms with Crippen molar-refractivity contribution in [3.8, 4) is 11.5 Å². The van der Waals surface area contributed by atoms with E-state index in [9.17, 15) is 4.79 Å². The van der Waals surface area contributed by atoms with Crippen LogP contribution in [0.2, 0.25) is 0 Å². The van der Waals surface area contributed by atoms with Crippen LogP contribution in [0.4, 0.5) is 4.79 Å². The molecular weight excluding hydrogens is 236 g/mol. The summed E-state index contributed by atoms with van der Waals surface area (Å²) in [5.74, 6) is 0.815. The lowest BCUT2D eigenvalue weighted by Crippen LogP contribution is -2.12. The lowest BCUT2D eigenvalue weighted by Gasteiger charge is -2.08. The van der Waals surface area contributed by atoms with Crippen molar-refractivity contribution in [2.75, 3.05) is 20.3 Å². The molecule has 0 fully saturated rings. The van der Waals surface area contributed by atoms with E-state index in [1.54, 1.807) is 24.3 Å². The zero-order valence-electron chi connectivity index (χ0n) is 10.4. The van der Waals surface area contributed by atoms with Crippen molar-refractivity contribution in [3.63, 3.8) is 0 Å². The smallest absolute Gasteiger partial charge is 0.493 e. The molecule has 0 saturated heterocycles. The molecule has 5 nitrogen and oxygen atoms in total. The highest BCUT2D eigenvalue weighted by atomic mass is 16.7. The van der Waals surface area contributed by atoms with Gasteiger partial charge in [0.1, 0.15) is 0 Å². The van der Waals surface area contributed by atoms with Gasteiger partial charge in [-0.25, -0.2) is 4.79 Å². The maximum Gasteiger partial charge on any atom is 0.513 e. The van der Waals surface area contributed by atoms with Crippen LogP contribution in [-0.2, 0) is 4.74 Å². The lowest BCUT2D eigenvalue weighted by molar-refractivity contribution is 0.0958. The Morgan fingerprint density at radius 3 is 2.56 bits per heavy atom. The number of unbranched alkanes of at least 4 members (excludes halogenated alkanes) is 2. The molecule has 1 aromatic carbocycles. The number of rotatable bonds is 7. The molecule has 0 aliphatic rings. The number of benzene rings is 1. The standard InChI is InChI=1S/C13H18O5/c1-16-11-7-3-4-8-12(11)18-13(15)17-10-6-2-5-9-14/h3-4,7-8,14H,2,5-6,9-10H2,1H3. The Morgan fingerprint density at radius 2 is 1.89 bits per heavy atom. The normalized spacial score (nSPS) is 9.89. The Hall–Kier alpha value is -1.75. The van der Waals surface area contributed by atoms with Crippen LogP contribution in [0.3, 0.4) is 0 Å². The molecule has 18 heavy (non-hydrogen) atoms. The molecule has 0 radical (unpaired) electrons. The number of hydrogen-bond donors (Lipinski definition) is 1. The maximum absolute atomic E-state index is 11.4. The second kappa shape index (κ2) is 8.36. The third-order valence-electron chi connectivity index (χ3n) is 2.28. The van der Waals surface area contributed by atoms with E-state index in [4.69, 9.17) is 19.3 Å². The Labute approximate surface area is 106 Å². The summed E-state index contributed by atoms with van der Waals surface area (Å²) >= 11 is 0. The first-order valence-electron chi connectivity index (χ1n) is 5.86. The van der Waals surface area contributed by atoms with Gasteiger partial charge in [-0.05, 0) is 31.4 Å². The number of aliphatic hydroxyl groups is 1. The monoisotopic (exact) mass is 254 g/mol. The van der Waals surface area contributed by atoms with Crippen molar-refractivity contribution < 1.29 is 24.1 Å². The maximum atomic E-state index is 11.4. The van der Waals surface area contributed by atoms with E-state index >= 15 is 0 Å². The summed E-state index contributed by atoms with van der Waals surface area (Å²) in [5.41, 5.74) is 0. The first kappa shape index (κ1) is 14.3. The van der Waals surface area contributed by atoms with Crippen molar-refractivity contribution in [1.82, 2.24) is 0 Å². The van der Waals surface area contributed by atoms with Crippen LogP contribution in [0, 0.1) is 0 Å². The van der Waals surface area contributed by atoms with E-state index < -0.39 is 6.16 Å². The number of aliphatic hydroxyl groups excluding tert-OH is 1. The molecule has 5 heteroatoms. The fourth-order valence-corrected chi connectivity index (χ4v) is 1.37. The predicted octanol–water partition coefficient (Wildman–Crippen LogP) is 2.37. The second-order valence-corrected chi connectivity index (χ2v) is 3.64. The Bertz CT molecular complexity index is 364. The van der Waals surface area contributed by atoms with Crippen molar-refractivity contribution >= 4 is 6.16 Å². The van der Waals surface area contributed by atoms with Gasteiger partial charge in [0, 0.05) is 6.61 Å². The van der Waals surface area contributed by atoms with Gasteiger partial charge in [0.25, 0.3) is 0 Å². The topological polar surface area (TPSA) is 65.0 Å². The van der Waals surface area contributed by atoms with Crippen molar-refractivity contribution in [2.45, 2.75) is 19.3 Å². The zero-order chi connectivity index (χ0) is 13.2. The number of para-hydroxylation sites is 2. The summed E-state index contributed by atoms with van der Waals surface area (Å²) in [6, 6.07) is 6.86. The summed E-state index contributed by atoms with van der Waals surface area (Å²) in [7, 11) is 1.50.